The van der Waals surface area contributed by atoms with Gasteiger partial charge >= 0.3 is 5.97 Å². The van der Waals surface area contributed by atoms with Crippen molar-refractivity contribution in [3.8, 4) is 0 Å². The molecule has 2 fully saturated rings. The number of rotatable bonds is 19. The highest BCUT2D eigenvalue weighted by molar-refractivity contribution is 5.90. The van der Waals surface area contributed by atoms with E-state index >= 15 is 0 Å². The van der Waals surface area contributed by atoms with E-state index in [0.29, 0.717) is 37.8 Å². The zero-order valence-electron chi connectivity index (χ0n) is 26.7. The standard InChI is InChI=1S/C34H55N3O6/c1-25(2)24-41-26(3)43-37-32(39)18-10-5-4-9-17-31(38)36-29-21-19-27(20-22-29)23-35-33(28-13-7-6-8-14-28)34(40)42-30-15-11-12-16-30/h19-22,25-26,28,30,33,35H,4-18,23-24H2,1-3H3,(H,36,38)(H,37,39)/t26-,33?/m0/s1. The molecular formula is C34H55N3O6. The molecule has 9 nitrogen and oxygen atoms in total. The van der Waals surface area contributed by atoms with Crippen molar-refractivity contribution in [1.29, 1.82) is 0 Å². The molecule has 2 atom stereocenters. The lowest BCUT2D eigenvalue weighted by Gasteiger charge is -2.30. The van der Waals surface area contributed by atoms with Crippen LogP contribution in [0.2, 0.25) is 0 Å². The largest absolute Gasteiger partial charge is 0.461 e. The predicted octanol–water partition coefficient (Wildman–Crippen LogP) is 6.56. The van der Waals surface area contributed by atoms with Gasteiger partial charge in [-0.1, -0.05) is 58.1 Å². The Morgan fingerprint density at radius 1 is 0.814 bits per heavy atom. The fourth-order valence-corrected chi connectivity index (χ4v) is 5.80. The first-order chi connectivity index (χ1) is 20.8. The molecule has 0 radical (unpaired) electrons. The summed E-state index contributed by atoms with van der Waals surface area (Å²) in [6.45, 7) is 7.03. The number of unbranched alkanes of at least 4 members (excludes halogenated alkanes) is 3. The van der Waals surface area contributed by atoms with E-state index in [1.54, 1.807) is 6.92 Å². The highest BCUT2D eigenvalue weighted by Crippen LogP contribution is 2.29. The molecule has 0 aliphatic heterocycles. The zero-order chi connectivity index (χ0) is 30.9. The van der Waals surface area contributed by atoms with Crippen molar-refractivity contribution < 1.29 is 28.7 Å². The highest BCUT2D eigenvalue weighted by atomic mass is 16.8. The van der Waals surface area contributed by atoms with Crippen molar-refractivity contribution >= 4 is 23.5 Å². The average molecular weight is 602 g/mol. The number of ether oxygens (including phenoxy) is 2. The van der Waals surface area contributed by atoms with Crippen molar-refractivity contribution in [3.63, 3.8) is 0 Å². The van der Waals surface area contributed by atoms with E-state index in [2.05, 4.69) is 30.0 Å². The van der Waals surface area contributed by atoms with E-state index in [4.69, 9.17) is 14.3 Å². The lowest BCUT2D eigenvalue weighted by atomic mass is 9.83. The molecule has 0 saturated heterocycles. The minimum atomic E-state index is -0.479. The Balaban J connectivity index is 1.29. The molecule has 3 rings (SSSR count). The summed E-state index contributed by atoms with van der Waals surface area (Å²) in [6.07, 6.45) is 13.7. The maximum atomic E-state index is 13.1. The molecule has 2 aliphatic rings. The first kappa shape index (κ1) is 35.0. The highest BCUT2D eigenvalue weighted by Gasteiger charge is 2.32. The van der Waals surface area contributed by atoms with Crippen molar-refractivity contribution in [1.82, 2.24) is 10.8 Å². The molecule has 43 heavy (non-hydrogen) atoms. The number of hydroxylamine groups is 1. The van der Waals surface area contributed by atoms with Gasteiger partial charge in [0, 0.05) is 25.1 Å². The molecule has 3 N–H and O–H groups in total. The molecule has 2 aliphatic carbocycles. The van der Waals surface area contributed by atoms with Crippen LogP contribution in [-0.4, -0.2) is 42.8 Å². The molecule has 242 valence electrons. The Kier molecular flexibility index (Phi) is 16.0. The summed E-state index contributed by atoms with van der Waals surface area (Å²) in [5.41, 5.74) is 4.27. The van der Waals surface area contributed by atoms with Crippen LogP contribution in [-0.2, 0) is 35.2 Å². The van der Waals surface area contributed by atoms with Crippen LogP contribution in [0.25, 0.3) is 0 Å². The zero-order valence-corrected chi connectivity index (χ0v) is 26.7. The number of esters is 1. The summed E-state index contributed by atoms with van der Waals surface area (Å²) >= 11 is 0. The van der Waals surface area contributed by atoms with Crippen LogP contribution in [0.5, 0.6) is 0 Å². The number of hydrogen-bond donors (Lipinski definition) is 3. The summed E-state index contributed by atoms with van der Waals surface area (Å²) in [7, 11) is 0. The van der Waals surface area contributed by atoms with Crippen molar-refractivity contribution in [2.24, 2.45) is 11.8 Å². The molecule has 1 aromatic carbocycles. The smallest absolute Gasteiger partial charge is 0.323 e. The van der Waals surface area contributed by atoms with E-state index in [0.717, 1.165) is 75.5 Å². The molecule has 0 aromatic heterocycles. The van der Waals surface area contributed by atoms with Crippen LogP contribution in [0.15, 0.2) is 24.3 Å². The van der Waals surface area contributed by atoms with Gasteiger partial charge in [0.2, 0.25) is 11.8 Å². The number of carbonyl (C=O) groups is 3. The Bertz CT molecular complexity index is 957. The average Bonchev–Trinajstić information content (AvgIpc) is 3.51. The van der Waals surface area contributed by atoms with Crippen LogP contribution < -0.4 is 16.1 Å². The van der Waals surface area contributed by atoms with Gasteiger partial charge in [0.05, 0.1) is 6.61 Å². The van der Waals surface area contributed by atoms with Crippen LogP contribution in [0.1, 0.15) is 123 Å². The van der Waals surface area contributed by atoms with Gasteiger partial charge in [0.25, 0.3) is 0 Å². The van der Waals surface area contributed by atoms with Gasteiger partial charge in [-0.2, -0.15) is 0 Å². The topological polar surface area (TPSA) is 115 Å². The first-order valence-corrected chi connectivity index (χ1v) is 16.7. The maximum Gasteiger partial charge on any atom is 0.323 e. The molecule has 2 amide bonds. The fourth-order valence-electron chi connectivity index (χ4n) is 5.80. The van der Waals surface area contributed by atoms with Crippen LogP contribution >= 0.6 is 0 Å². The number of anilines is 1. The van der Waals surface area contributed by atoms with Crippen molar-refractivity contribution in [2.75, 3.05) is 11.9 Å². The summed E-state index contributed by atoms with van der Waals surface area (Å²) in [5.74, 6) is 0.471. The molecule has 0 heterocycles. The van der Waals surface area contributed by atoms with Gasteiger partial charge in [0.1, 0.15) is 12.1 Å². The predicted molar refractivity (Wildman–Crippen MR) is 168 cm³/mol. The third kappa shape index (κ3) is 14.2. The number of carbonyl (C=O) groups excluding carboxylic acids is 3. The van der Waals surface area contributed by atoms with Gasteiger partial charge in [-0.15, -0.1) is 0 Å². The third-order valence-corrected chi connectivity index (χ3v) is 8.28. The molecular weight excluding hydrogens is 546 g/mol. The molecule has 2 saturated carbocycles. The van der Waals surface area contributed by atoms with E-state index in [-0.39, 0.29) is 29.9 Å². The lowest BCUT2D eigenvalue weighted by Crippen LogP contribution is -2.45. The summed E-state index contributed by atoms with van der Waals surface area (Å²) < 4.78 is 11.4. The van der Waals surface area contributed by atoms with Gasteiger partial charge in [-0.05, 0) is 87.8 Å². The maximum absolute atomic E-state index is 13.1. The van der Waals surface area contributed by atoms with Gasteiger partial charge in [0.15, 0.2) is 6.29 Å². The van der Waals surface area contributed by atoms with Gasteiger partial charge in [-0.25, -0.2) is 10.3 Å². The van der Waals surface area contributed by atoms with Crippen LogP contribution in [0.4, 0.5) is 5.69 Å². The Morgan fingerprint density at radius 2 is 1.44 bits per heavy atom. The van der Waals surface area contributed by atoms with Gasteiger partial charge in [-0.3, -0.25) is 14.4 Å². The first-order valence-electron chi connectivity index (χ1n) is 16.7. The quantitative estimate of drug-likeness (QED) is 0.0712. The van der Waals surface area contributed by atoms with Crippen LogP contribution in [0.3, 0.4) is 0 Å². The second kappa shape index (κ2) is 19.7. The van der Waals surface area contributed by atoms with Crippen molar-refractivity contribution in [3.05, 3.63) is 29.8 Å². The Morgan fingerprint density at radius 3 is 2.09 bits per heavy atom. The van der Waals surface area contributed by atoms with E-state index < -0.39 is 6.29 Å². The summed E-state index contributed by atoms with van der Waals surface area (Å²) in [6, 6.07) is 7.55. The third-order valence-electron chi connectivity index (χ3n) is 8.28. The number of nitrogens with one attached hydrogen (secondary N) is 3. The molecule has 0 bridgehead atoms. The van der Waals surface area contributed by atoms with Crippen LogP contribution in [0, 0.1) is 11.8 Å². The second-order valence-electron chi connectivity index (χ2n) is 12.7. The molecule has 1 aromatic rings. The Hall–Kier alpha value is -2.49. The van der Waals surface area contributed by atoms with E-state index in [1.165, 1.54) is 19.3 Å². The summed E-state index contributed by atoms with van der Waals surface area (Å²) in [5, 5.41) is 6.48. The SMILES string of the molecule is CC(C)CO[C@H](C)ONC(=O)CCCCCCC(=O)Nc1ccc(CNC(C(=O)OC2CCCC2)C2CCCCC2)cc1. The minimum absolute atomic E-state index is 0.0144. The monoisotopic (exact) mass is 601 g/mol. The second-order valence-corrected chi connectivity index (χ2v) is 12.7. The fraction of sp³-hybridized carbons (Fsp3) is 0.735. The normalized spacial score (nSPS) is 17.5. The number of amides is 2. The van der Waals surface area contributed by atoms with E-state index in [9.17, 15) is 14.4 Å². The van der Waals surface area contributed by atoms with E-state index in [1.807, 2.05) is 24.3 Å². The molecule has 1 unspecified atom stereocenters. The number of hydrogen-bond acceptors (Lipinski definition) is 7. The summed E-state index contributed by atoms with van der Waals surface area (Å²) in [4.78, 5) is 42.6. The lowest BCUT2D eigenvalue weighted by molar-refractivity contribution is -0.183. The Labute approximate surface area is 258 Å². The molecule has 9 heteroatoms. The number of benzene rings is 1. The minimum Gasteiger partial charge on any atom is -0.461 e. The van der Waals surface area contributed by atoms with Crippen molar-refractivity contribution in [2.45, 2.75) is 142 Å². The van der Waals surface area contributed by atoms with Gasteiger partial charge < -0.3 is 20.1 Å². The molecule has 0 spiro atoms.